The average molecular weight is 817 g/mol. The molecule has 3 heterocycles. The van der Waals surface area contributed by atoms with Gasteiger partial charge in [-0.1, -0.05) is 164 Å². The highest BCUT2D eigenvalue weighted by Crippen LogP contribution is 2.46. The molecule has 8 aromatic carbocycles. The van der Waals surface area contributed by atoms with E-state index in [0.29, 0.717) is 48.9 Å². The molecule has 3 aromatic heterocycles. The van der Waals surface area contributed by atoms with Crippen LogP contribution in [0.25, 0.3) is 105 Å². The van der Waals surface area contributed by atoms with Crippen LogP contribution in [-0.4, -0.2) is 19.5 Å². The van der Waals surface area contributed by atoms with E-state index in [-0.39, 0.29) is 41.6 Å². The van der Waals surface area contributed by atoms with Gasteiger partial charge in [0, 0.05) is 64.6 Å². The number of hydrogen-bond acceptors (Lipinski definition) is 4. The van der Waals surface area contributed by atoms with Crippen molar-refractivity contribution in [3.63, 3.8) is 0 Å². The Morgan fingerprint density at radius 2 is 1.08 bits per heavy atom. The summed E-state index contributed by atoms with van der Waals surface area (Å²) in [6.45, 7) is 0. The average Bonchev–Trinajstić information content (AvgIpc) is 3.95. The van der Waals surface area contributed by atoms with Gasteiger partial charge in [0.25, 0.3) is 0 Å². The quantitative estimate of drug-likeness (QED) is 0.161. The molecule has 5 heteroatoms. The SMILES string of the molecule is [2H]c1cc([2H])c2sc3c(-c4cc(-c5nc(-c6ccccc6)nc(-c6ccccc6)n5)ccc4-n4c5c(c6cc(-c7ccccc7)ccc64)C=C(c4ccccc4)CC5)c([2H])c([2H])c([2H])c3c2c1[2H]. The van der Waals surface area contributed by atoms with Crippen LogP contribution < -0.4 is 0 Å². The normalized spacial score (nSPS) is 13.8. The second-order valence-corrected chi connectivity index (χ2v) is 16.4. The summed E-state index contributed by atoms with van der Waals surface area (Å²) in [5.41, 5.74) is 11.8. The number of benzene rings is 8. The molecule has 0 saturated carbocycles. The minimum Gasteiger partial charge on any atom is -0.312 e. The predicted octanol–water partition coefficient (Wildman–Crippen LogP) is 15.0. The van der Waals surface area contributed by atoms with Crippen molar-refractivity contribution in [2.24, 2.45) is 0 Å². The van der Waals surface area contributed by atoms with Crippen LogP contribution in [0.15, 0.2) is 200 Å². The third-order valence-corrected chi connectivity index (χ3v) is 12.9. The van der Waals surface area contributed by atoms with Crippen molar-refractivity contribution in [3.8, 4) is 62.1 Å². The van der Waals surface area contributed by atoms with E-state index in [0.717, 1.165) is 62.9 Å². The lowest BCUT2D eigenvalue weighted by Gasteiger charge is -2.20. The number of aromatic nitrogens is 4. The fourth-order valence-electron chi connectivity index (χ4n) is 8.81. The summed E-state index contributed by atoms with van der Waals surface area (Å²) in [4.78, 5) is 15.1. The molecule has 0 fully saturated rings. The zero-order valence-corrected chi connectivity index (χ0v) is 34.1. The van der Waals surface area contributed by atoms with E-state index in [1.807, 2.05) is 103 Å². The molecule has 0 radical (unpaired) electrons. The number of hydrogen-bond donors (Lipinski definition) is 0. The number of nitrogens with zero attached hydrogens (tertiary/aromatic N) is 4. The van der Waals surface area contributed by atoms with Gasteiger partial charge in [0.2, 0.25) is 0 Å². The van der Waals surface area contributed by atoms with Gasteiger partial charge in [0.15, 0.2) is 17.5 Å². The molecule has 4 nitrogen and oxygen atoms in total. The second kappa shape index (κ2) is 15.1. The molecule has 0 amide bonds. The molecule has 0 bridgehead atoms. The fraction of sp³-hybridized carbons (Fsp3) is 0.0351. The van der Waals surface area contributed by atoms with Crippen molar-refractivity contribution in [3.05, 3.63) is 217 Å². The molecule has 292 valence electrons. The third kappa shape index (κ3) is 6.25. The Bertz CT molecular complexity index is 3790. The molecule has 0 unspecified atom stereocenters. The second-order valence-electron chi connectivity index (χ2n) is 15.4. The summed E-state index contributed by atoms with van der Waals surface area (Å²) in [5.74, 6) is 1.41. The van der Waals surface area contributed by atoms with Crippen LogP contribution >= 0.6 is 11.3 Å². The van der Waals surface area contributed by atoms with E-state index < -0.39 is 0 Å². The van der Waals surface area contributed by atoms with E-state index in [9.17, 15) is 4.11 Å². The van der Waals surface area contributed by atoms with E-state index in [1.165, 1.54) is 28.5 Å². The topological polar surface area (TPSA) is 43.6 Å². The van der Waals surface area contributed by atoms with Gasteiger partial charge in [-0.05, 0) is 77.6 Å². The number of fused-ring (bicyclic) bond motifs is 6. The molecular weight excluding hydrogens is 773 g/mol. The van der Waals surface area contributed by atoms with Gasteiger partial charge in [-0.3, -0.25) is 0 Å². The first-order valence-electron chi connectivity index (χ1n) is 23.7. The van der Waals surface area contributed by atoms with Crippen LogP contribution in [0.4, 0.5) is 0 Å². The lowest BCUT2D eigenvalue weighted by molar-refractivity contribution is 0.899. The maximum atomic E-state index is 9.77. The van der Waals surface area contributed by atoms with Crippen molar-refractivity contribution >= 4 is 54.1 Å². The van der Waals surface area contributed by atoms with Crippen LogP contribution in [0.1, 0.15) is 31.5 Å². The Morgan fingerprint density at radius 1 is 0.468 bits per heavy atom. The molecule has 0 spiro atoms. The first-order chi connectivity index (χ1) is 33.2. The molecule has 12 rings (SSSR count). The summed E-state index contributed by atoms with van der Waals surface area (Å²) in [6.07, 6.45) is 3.83. The molecule has 62 heavy (non-hydrogen) atoms. The Hall–Kier alpha value is -7.73. The van der Waals surface area contributed by atoms with Gasteiger partial charge in [0.05, 0.1) is 19.4 Å². The maximum absolute atomic E-state index is 9.77. The summed E-state index contributed by atoms with van der Waals surface area (Å²) < 4.78 is 58.2. The van der Waals surface area contributed by atoms with Crippen LogP contribution in [-0.2, 0) is 6.42 Å². The van der Waals surface area contributed by atoms with Crippen molar-refractivity contribution in [2.75, 3.05) is 0 Å². The van der Waals surface area contributed by atoms with Gasteiger partial charge in [0.1, 0.15) is 0 Å². The predicted molar refractivity (Wildman–Crippen MR) is 259 cm³/mol. The van der Waals surface area contributed by atoms with Crippen molar-refractivity contribution in [2.45, 2.75) is 12.8 Å². The summed E-state index contributed by atoms with van der Waals surface area (Å²) >= 11 is 1.23. The lowest BCUT2D eigenvalue weighted by atomic mass is 9.90. The van der Waals surface area contributed by atoms with Crippen LogP contribution in [0, 0.1) is 0 Å². The van der Waals surface area contributed by atoms with E-state index in [4.69, 9.17) is 19.1 Å². The highest BCUT2D eigenvalue weighted by atomic mass is 32.1. The summed E-state index contributed by atoms with van der Waals surface area (Å²) in [5, 5.41) is 1.65. The standard InChI is InChI=1S/C57H38N4S/c1-5-16-37(17-6-1)41-28-31-51-48(34-41)49-35-42(38-18-7-2-8-19-38)29-32-52(49)61(51)50-33-30-43(36-47(50)46-26-15-25-45-44-24-13-14-27-53(44)62-54(45)46)57-59-55(39-20-9-3-10-21-39)58-56(60-57)40-22-11-4-12-23-40/h1-28,30-31,33-36H,29,32H2/i13D,15D,24D,25D,26D,27D. The Labute approximate surface area is 372 Å². The minimum absolute atomic E-state index is 0.0624. The van der Waals surface area contributed by atoms with Crippen LogP contribution in [0.5, 0.6) is 0 Å². The smallest absolute Gasteiger partial charge is 0.164 e. The van der Waals surface area contributed by atoms with Gasteiger partial charge in [-0.15, -0.1) is 11.3 Å². The molecule has 0 aliphatic heterocycles. The zero-order valence-electron chi connectivity index (χ0n) is 39.3. The molecule has 1 aliphatic carbocycles. The van der Waals surface area contributed by atoms with Gasteiger partial charge < -0.3 is 4.57 Å². The van der Waals surface area contributed by atoms with Crippen molar-refractivity contribution < 1.29 is 8.22 Å². The molecule has 0 atom stereocenters. The minimum atomic E-state index is -0.301. The molecule has 0 N–H and O–H groups in total. The highest BCUT2D eigenvalue weighted by molar-refractivity contribution is 7.26. The van der Waals surface area contributed by atoms with Crippen LogP contribution in [0.3, 0.4) is 0 Å². The van der Waals surface area contributed by atoms with Crippen LogP contribution in [0.2, 0.25) is 0 Å². The Balaban J connectivity index is 1.19. The summed E-state index contributed by atoms with van der Waals surface area (Å²) in [7, 11) is 0. The molecule has 11 aromatic rings. The van der Waals surface area contributed by atoms with Gasteiger partial charge in [-0.2, -0.15) is 0 Å². The highest BCUT2D eigenvalue weighted by Gasteiger charge is 2.25. The largest absolute Gasteiger partial charge is 0.312 e. The van der Waals surface area contributed by atoms with Gasteiger partial charge >= 0.3 is 0 Å². The zero-order chi connectivity index (χ0) is 46.2. The third-order valence-electron chi connectivity index (χ3n) is 11.8. The number of rotatable bonds is 7. The number of thiophene rings is 1. The first-order valence-corrected chi connectivity index (χ1v) is 21.5. The van der Waals surface area contributed by atoms with Crippen molar-refractivity contribution in [1.29, 1.82) is 0 Å². The van der Waals surface area contributed by atoms with E-state index in [2.05, 4.69) is 65.2 Å². The number of allylic oxidation sites excluding steroid dienone is 1. The van der Waals surface area contributed by atoms with Gasteiger partial charge in [-0.25, -0.2) is 15.0 Å². The van der Waals surface area contributed by atoms with E-state index in [1.54, 1.807) is 0 Å². The monoisotopic (exact) mass is 816 g/mol. The van der Waals surface area contributed by atoms with E-state index >= 15 is 0 Å². The Morgan fingerprint density at radius 3 is 1.77 bits per heavy atom. The molecular formula is C57H38N4S. The molecule has 1 aliphatic rings. The lowest BCUT2D eigenvalue weighted by Crippen LogP contribution is -2.07. The van der Waals surface area contributed by atoms with Crippen molar-refractivity contribution in [1.82, 2.24) is 19.5 Å². The maximum Gasteiger partial charge on any atom is 0.164 e. The fourth-order valence-corrected chi connectivity index (χ4v) is 9.90. The first kappa shape index (κ1) is 30.3. The molecule has 0 saturated heterocycles. The summed E-state index contributed by atoms with van der Waals surface area (Å²) in [6, 6.07) is 53.6. The Kier molecular flexibility index (Phi) is 7.37.